The van der Waals surface area contributed by atoms with Crippen LogP contribution in [0.5, 0.6) is 0 Å². The lowest BCUT2D eigenvalue weighted by molar-refractivity contribution is 0.100. The standard InChI is InChI=1S/C13H16N4O2/c14-13(19)11-5-3-10(4-6-11)8-17-9-12(15-16-17)2-1-7-18/h3-6,9,18H,1-2,7-8H2,(H2,14,19). The summed E-state index contributed by atoms with van der Waals surface area (Å²) in [5.41, 5.74) is 7.55. The van der Waals surface area contributed by atoms with Crippen molar-refractivity contribution in [1.82, 2.24) is 15.0 Å². The van der Waals surface area contributed by atoms with Gasteiger partial charge in [-0.15, -0.1) is 5.10 Å². The molecule has 2 rings (SSSR count). The van der Waals surface area contributed by atoms with E-state index in [1.807, 2.05) is 18.3 Å². The van der Waals surface area contributed by atoms with Gasteiger partial charge in [-0.2, -0.15) is 0 Å². The molecule has 3 N–H and O–H groups in total. The molecule has 2 aromatic rings. The molecule has 0 saturated heterocycles. The van der Waals surface area contributed by atoms with Crippen molar-refractivity contribution in [3.63, 3.8) is 0 Å². The molecule has 19 heavy (non-hydrogen) atoms. The van der Waals surface area contributed by atoms with Gasteiger partial charge in [-0.1, -0.05) is 17.3 Å². The Hall–Kier alpha value is -2.21. The zero-order chi connectivity index (χ0) is 13.7. The number of benzene rings is 1. The Labute approximate surface area is 110 Å². The molecule has 0 aliphatic heterocycles. The van der Waals surface area contributed by atoms with Crippen LogP contribution in [0.4, 0.5) is 0 Å². The van der Waals surface area contributed by atoms with Crippen molar-refractivity contribution >= 4 is 5.91 Å². The molecule has 6 nitrogen and oxygen atoms in total. The summed E-state index contributed by atoms with van der Waals surface area (Å²) in [6.45, 7) is 0.743. The Morgan fingerprint density at radius 1 is 1.32 bits per heavy atom. The minimum absolute atomic E-state index is 0.154. The number of hydrogen-bond donors (Lipinski definition) is 2. The fraction of sp³-hybridized carbons (Fsp3) is 0.308. The van der Waals surface area contributed by atoms with E-state index < -0.39 is 5.91 Å². The van der Waals surface area contributed by atoms with Gasteiger partial charge in [0.2, 0.25) is 5.91 Å². The molecule has 0 unspecified atom stereocenters. The second-order valence-electron chi connectivity index (χ2n) is 4.30. The molecule has 0 fully saturated rings. The fourth-order valence-corrected chi connectivity index (χ4v) is 1.75. The van der Waals surface area contributed by atoms with Crippen molar-refractivity contribution in [2.45, 2.75) is 19.4 Å². The van der Waals surface area contributed by atoms with Crippen LogP contribution in [0.3, 0.4) is 0 Å². The first-order chi connectivity index (χ1) is 9.19. The third kappa shape index (κ3) is 3.62. The monoisotopic (exact) mass is 260 g/mol. The molecule has 0 aliphatic carbocycles. The first-order valence-electron chi connectivity index (χ1n) is 6.07. The van der Waals surface area contributed by atoms with Gasteiger partial charge in [-0.3, -0.25) is 4.79 Å². The number of amides is 1. The van der Waals surface area contributed by atoms with Crippen LogP contribution in [0.15, 0.2) is 30.5 Å². The predicted molar refractivity (Wildman–Crippen MR) is 69.5 cm³/mol. The molecule has 1 heterocycles. The largest absolute Gasteiger partial charge is 0.396 e. The summed E-state index contributed by atoms with van der Waals surface area (Å²) in [6.07, 6.45) is 3.26. The average Bonchev–Trinajstić information content (AvgIpc) is 2.84. The summed E-state index contributed by atoms with van der Waals surface area (Å²) in [6, 6.07) is 7.08. The van der Waals surface area contributed by atoms with Crippen LogP contribution in [0, 0.1) is 0 Å². The average molecular weight is 260 g/mol. The molecule has 0 atom stereocenters. The van der Waals surface area contributed by atoms with Crippen LogP contribution in [0.2, 0.25) is 0 Å². The highest BCUT2D eigenvalue weighted by Crippen LogP contribution is 2.06. The Morgan fingerprint density at radius 2 is 2.05 bits per heavy atom. The van der Waals surface area contributed by atoms with E-state index in [1.165, 1.54) is 0 Å². The van der Waals surface area contributed by atoms with Gasteiger partial charge in [0.1, 0.15) is 0 Å². The maximum Gasteiger partial charge on any atom is 0.248 e. The number of primary amides is 1. The van der Waals surface area contributed by atoms with Crippen molar-refractivity contribution in [2.24, 2.45) is 5.73 Å². The maximum atomic E-state index is 10.9. The number of carbonyl (C=O) groups is 1. The van der Waals surface area contributed by atoms with Crippen molar-refractivity contribution < 1.29 is 9.90 Å². The lowest BCUT2D eigenvalue weighted by atomic mass is 10.1. The van der Waals surface area contributed by atoms with Crippen LogP contribution >= 0.6 is 0 Å². The van der Waals surface area contributed by atoms with Crippen LogP contribution in [-0.2, 0) is 13.0 Å². The molecular formula is C13H16N4O2. The number of carbonyl (C=O) groups excluding carboxylic acids is 1. The van der Waals surface area contributed by atoms with Gasteiger partial charge in [0.05, 0.1) is 12.2 Å². The Kier molecular flexibility index (Phi) is 4.25. The number of aryl methyl sites for hydroxylation is 1. The summed E-state index contributed by atoms with van der Waals surface area (Å²) in [5.74, 6) is -0.432. The molecular weight excluding hydrogens is 244 g/mol. The van der Waals surface area contributed by atoms with Gasteiger partial charge in [-0.05, 0) is 30.5 Å². The second kappa shape index (κ2) is 6.10. The molecule has 0 radical (unpaired) electrons. The highest BCUT2D eigenvalue weighted by atomic mass is 16.2. The smallest absolute Gasteiger partial charge is 0.248 e. The van der Waals surface area contributed by atoms with E-state index in [0.29, 0.717) is 18.5 Å². The van der Waals surface area contributed by atoms with Crippen molar-refractivity contribution in [3.05, 3.63) is 47.3 Å². The van der Waals surface area contributed by atoms with Gasteiger partial charge in [0.15, 0.2) is 0 Å². The summed E-state index contributed by atoms with van der Waals surface area (Å²) < 4.78 is 1.73. The Balaban J connectivity index is 2.00. The van der Waals surface area contributed by atoms with Gasteiger partial charge in [-0.25, -0.2) is 4.68 Å². The number of aliphatic hydroxyl groups excluding tert-OH is 1. The van der Waals surface area contributed by atoms with E-state index in [4.69, 9.17) is 10.8 Å². The highest BCUT2D eigenvalue weighted by Gasteiger charge is 2.03. The molecule has 6 heteroatoms. The minimum atomic E-state index is -0.432. The molecule has 0 bridgehead atoms. The number of nitrogens with zero attached hydrogens (tertiary/aromatic N) is 3. The van der Waals surface area contributed by atoms with E-state index in [1.54, 1.807) is 16.8 Å². The van der Waals surface area contributed by atoms with E-state index in [9.17, 15) is 4.79 Å². The molecule has 0 saturated carbocycles. The number of rotatable bonds is 6. The first kappa shape index (κ1) is 13.2. The van der Waals surface area contributed by atoms with Crippen molar-refractivity contribution in [1.29, 1.82) is 0 Å². The maximum absolute atomic E-state index is 10.9. The summed E-state index contributed by atoms with van der Waals surface area (Å²) in [5, 5.41) is 16.8. The molecule has 1 aromatic heterocycles. The van der Waals surface area contributed by atoms with Crippen molar-refractivity contribution in [2.75, 3.05) is 6.61 Å². The number of hydrogen-bond acceptors (Lipinski definition) is 4. The van der Waals surface area contributed by atoms with Crippen molar-refractivity contribution in [3.8, 4) is 0 Å². The van der Waals surface area contributed by atoms with Crippen LogP contribution in [-0.4, -0.2) is 32.6 Å². The lowest BCUT2D eigenvalue weighted by Crippen LogP contribution is -2.10. The van der Waals surface area contributed by atoms with Gasteiger partial charge in [0.25, 0.3) is 0 Å². The lowest BCUT2D eigenvalue weighted by Gasteiger charge is -2.01. The Bertz CT molecular complexity index is 548. The quantitative estimate of drug-likeness (QED) is 0.783. The third-order valence-electron chi connectivity index (χ3n) is 2.76. The van der Waals surface area contributed by atoms with Crippen LogP contribution in [0.1, 0.15) is 28.0 Å². The van der Waals surface area contributed by atoms with Crippen LogP contribution < -0.4 is 5.73 Å². The molecule has 1 amide bonds. The first-order valence-corrected chi connectivity index (χ1v) is 6.07. The molecule has 100 valence electrons. The molecule has 0 aliphatic rings. The van der Waals surface area contributed by atoms with Gasteiger partial charge < -0.3 is 10.8 Å². The summed E-state index contributed by atoms with van der Waals surface area (Å²) in [4.78, 5) is 10.9. The van der Waals surface area contributed by atoms with Gasteiger partial charge >= 0.3 is 0 Å². The number of aromatic nitrogens is 3. The van der Waals surface area contributed by atoms with E-state index in [-0.39, 0.29) is 6.61 Å². The predicted octanol–water partition coefficient (Wildman–Crippen LogP) is 0.350. The Morgan fingerprint density at radius 3 is 2.68 bits per heavy atom. The summed E-state index contributed by atoms with van der Waals surface area (Å²) in [7, 11) is 0. The molecule has 0 spiro atoms. The third-order valence-corrected chi connectivity index (χ3v) is 2.76. The fourth-order valence-electron chi connectivity index (χ4n) is 1.75. The zero-order valence-electron chi connectivity index (χ0n) is 10.5. The normalized spacial score (nSPS) is 10.6. The number of aliphatic hydroxyl groups is 1. The number of nitrogens with two attached hydrogens (primary N) is 1. The SMILES string of the molecule is NC(=O)c1ccc(Cn2cc(CCCO)nn2)cc1. The minimum Gasteiger partial charge on any atom is -0.396 e. The van der Waals surface area contributed by atoms with E-state index in [0.717, 1.165) is 17.7 Å². The topological polar surface area (TPSA) is 94.0 Å². The van der Waals surface area contributed by atoms with E-state index >= 15 is 0 Å². The summed E-state index contributed by atoms with van der Waals surface area (Å²) >= 11 is 0. The second-order valence-corrected chi connectivity index (χ2v) is 4.30. The zero-order valence-corrected chi connectivity index (χ0v) is 10.5. The van der Waals surface area contributed by atoms with Gasteiger partial charge in [0, 0.05) is 18.4 Å². The molecule has 1 aromatic carbocycles. The highest BCUT2D eigenvalue weighted by molar-refractivity contribution is 5.92. The van der Waals surface area contributed by atoms with E-state index in [2.05, 4.69) is 10.3 Å². The van der Waals surface area contributed by atoms with Crippen LogP contribution in [0.25, 0.3) is 0 Å².